The van der Waals surface area contributed by atoms with Gasteiger partial charge in [0.05, 0.1) is 24.2 Å². The Balaban J connectivity index is 1.43. The topological polar surface area (TPSA) is 101 Å². The third-order valence-corrected chi connectivity index (χ3v) is 6.48. The molecule has 0 unspecified atom stereocenters. The number of pyridine rings is 1. The van der Waals surface area contributed by atoms with Crippen molar-refractivity contribution in [2.75, 3.05) is 62.1 Å². The smallest absolute Gasteiger partial charge is 0.227 e. The quantitative estimate of drug-likeness (QED) is 0.534. The summed E-state index contributed by atoms with van der Waals surface area (Å²) >= 11 is 0. The van der Waals surface area contributed by atoms with Gasteiger partial charge >= 0.3 is 0 Å². The first-order valence-corrected chi connectivity index (χ1v) is 12.8. The van der Waals surface area contributed by atoms with Crippen molar-refractivity contribution in [3.05, 3.63) is 55.0 Å². The third-order valence-electron chi connectivity index (χ3n) is 5.56. The van der Waals surface area contributed by atoms with Crippen molar-refractivity contribution in [2.24, 2.45) is 0 Å². The molecule has 1 aliphatic rings. The first-order chi connectivity index (χ1) is 15.9. The van der Waals surface area contributed by atoms with E-state index in [4.69, 9.17) is 4.74 Å². The molecule has 0 amide bonds. The molecule has 0 bridgehead atoms. The summed E-state index contributed by atoms with van der Waals surface area (Å²) in [7, 11) is -1.30. The molecule has 2 aromatic heterocycles. The highest BCUT2D eigenvalue weighted by molar-refractivity contribution is 7.90. The number of piperazine rings is 1. The molecule has 0 radical (unpaired) electrons. The molecule has 1 N–H and O–H groups in total. The van der Waals surface area contributed by atoms with Gasteiger partial charge in [-0.25, -0.2) is 18.4 Å². The molecular weight excluding hydrogens is 440 g/mol. The molecular formula is C23H28N6O3S. The van der Waals surface area contributed by atoms with E-state index in [9.17, 15) is 8.42 Å². The van der Waals surface area contributed by atoms with Crippen LogP contribution in [0.15, 0.2) is 55.0 Å². The van der Waals surface area contributed by atoms with Crippen molar-refractivity contribution < 1.29 is 13.2 Å². The second-order valence-corrected chi connectivity index (χ2v) is 10.2. The molecule has 3 aromatic rings. The molecule has 33 heavy (non-hydrogen) atoms. The highest BCUT2D eigenvalue weighted by Crippen LogP contribution is 2.32. The van der Waals surface area contributed by atoms with Gasteiger partial charge in [0.1, 0.15) is 15.6 Å². The minimum Gasteiger partial charge on any atom is -0.494 e. The Kier molecular flexibility index (Phi) is 7.05. The van der Waals surface area contributed by atoms with Gasteiger partial charge in [-0.1, -0.05) is 0 Å². The standard InChI is InChI=1S/C23H28N6O3S/c1-32-22-16-19(29-12-10-28(11-13-29)14-15-33(2,30)31)5-6-21(22)27-23-25-9-7-20(26-23)18-4-3-8-24-17-18/h3-9,16-17H,10-15H2,1-2H3,(H,25,26,27). The molecule has 1 aromatic carbocycles. The lowest BCUT2D eigenvalue weighted by Crippen LogP contribution is -2.47. The molecule has 3 heterocycles. The second kappa shape index (κ2) is 10.1. The average molecular weight is 469 g/mol. The third kappa shape index (κ3) is 6.17. The van der Waals surface area contributed by atoms with E-state index < -0.39 is 9.84 Å². The van der Waals surface area contributed by atoms with E-state index in [-0.39, 0.29) is 5.75 Å². The number of hydrogen-bond acceptors (Lipinski definition) is 9. The summed E-state index contributed by atoms with van der Waals surface area (Å²) in [6, 6.07) is 11.7. The largest absolute Gasteiger partial charge is 0.494 e. The number of ether oxygens (including phenoxy) is 1. The fourth-order valence-electron chi connectivity index (χ4n) is 3.72. The zero-order valence-corrected chi connectivity index (χ0v) is 19.6. The van der Waals surface area contributed by atoms with Crippen LogP contribution in [0.3, 0.4) is 0 Å². The number of sulfone groups is 1. The highest BCUT2D eigenvalue weighted by atomic mass is 32.2. The van der Waals surface area contributed by atoms with Gasteiger partial charge in [-0.05, 0) is 30.3 Å². The summed E-state index contributed by atoms with van der Waals surface area (Å²) in [5, 5.41) is 3.25. The van der Waals surface area contributed by atoms with Gasteiger partial charge in [0.2, 0.25) is 5.95 Å². The predicted octanol–water partition coefficient (Wildman–Crippen LogP) is 2.46. The highest BCUT2D eigenvalue weighted by Gasteiger charge is 2.19. The first-order valence-electron chi connectivity index (χ1n) is 10.7. The molecule has 4 rings (SSSR count). The number of aromatic nitrogens is 3. The van der Waals surface area contributed by atoms with Crippen molar-refractivity contribution in [3.63, 3.8) is 0 Å². The monoisotopic (exact) mass is 468 g/mol. The van der Waals surface area contributed by atoms with Gasteiger partial charge < -0.3 is 15.0 Å². The molecule has 0 spiro atoms. The fraction of sp³-hybridized carbons (Fsp3) is 0.348. The molecule has 1 aliphatic heterocycles. The maximum atomic E-state index is 11.4. The molecule has 1 fully saturated rings. The van der Waals surface area contributed by atoms with Gasteiger partial charge in [0.25, 0.3) is 0 Å². The fourth-order valence-corrected chi connectivity index (χ4v) is 4.31. The van der Waals surface area contributed by atoms with Crippen LogP contribution in [-0.2, 0) is 9.84 Å². The van der Waals surface area contributed by atoms with Crippen LogP contribution in [0.1, 0.15) is 0 Å². The Morgan fingerprint density at radius 2 is 1.91 bits per heavy atom. The van der Waals surface area contributed by atoms with Crippen molar-refractivity contribution in [1.82, 2.24) is 19.9 Å². The normalized spacial score (nSPS) is 14.8. The summed E-state index contributed by atoms with van der Waals surface area (Å²) in [4.78, 5) is 17.5. The summed E-state index contributed by atoms with van der Waals surface area (Å²) in [5.74, 6) is 1.37. The van der Waals surface area contributed by atoms with E-state index in [0.29, 0.717) is 18.2 Å². The molecule has 0 saturated carbocycles. The molecule has 9 nitrogen and oxygen atoms in total. The van der Waals surface area contributed by atoms with E-state index in [1.165, 1.54) is 6.26 Å². The van der Waals surface area contributed by atoms with E-state index in [0.717, 1.165) is 48.8 Å². The minimum atomic E-state index is -2.94. The van der Waals surface area contributed by atoms with Crippen LogP contribution < -0.4 is 15.0 Å². The number of anilines is 3. The van der Waals surface area contributed by atoms with Crippen LogP contribution in [0, 0.1) is 0 Å². The Morgan fingerprint density at radius 1 is 1.09 bits per heavy atom. The molecule has 1 saturated heterocycles. The van der Waals surface area contributed by atoms with Gasteiger partial charge in [0.15, 0.2) is 0 Å². The van der Waals surface area contributed by atoms with E-state index in [2.05, 4.69) is 30.1 Å². The minimum absolute atomic E-state index is 0.200. The summed E-state index contributed by atoms with van der Waals surface area (Å²) in [5.41, 5.74) is 3.53. The van der Waals surface area contributed by atoms with Gasteiger partial charge in [0, 0.05) is 74.9 Å². The summed E-state index contributed by atoms with van der Waals surface area (Å²) in [6.45, 7) is 3.89. The number of nitrogens with one attached hydrogen (secondary N) is 1. The lowest BCUT2D eigenvalue weighted by Gasteiger charge is -2.36. The predicted molar refractivity (Wildman–Crippen MR) is 130 cm³/mol. The molecule has 10 heteroatoms. The zero-order chi connectivity index (χ0) is 23.3. The lowest BCUT2D eigenvalue weighted by molar-refractivity contribution is 0.272. The van der Waals surface area contributed by atoms with Gasteiger partial charge in [-0.15, -0.1) is 0 Å². The average Bonchev–Trinajstić information content (AvgIpc) is 2.84. The SMILES string of the molecule is COc1cc(N2CCN(CCS(C)(=O)=O)CC2)ccc1Nc1nccc(-c2cccnc2)n1. The van der Waals surface area contributed by atoms with Crippen LogP contribution in [0.2, 0.25) is 0 Å². The maximum Gasteiger partial charge on any atom is 0.227 e. The second-order valence-electron chi connectivity index (χ2n) is 7.98. The Bertz CT molecular complexity index is 1180. The number of hydrogen-bond donors (Lipinski definition) is 1. The Hall–Kier alpha value is -3.24. The van der Waals surface area contributed by atoms with Crippen molar-refractivity contribution in [1.29, 1.82) is 0 Å². The number of benzene rings is 1. The first kappa shape index (κ1) is 22.9. The van der Waals surface area contributed by atoms with Crippen molar-refractivity contribution in [2.45, 2.75) is 0 Å². The van der Waals surface area contributed by atoms with Crippen molar-refractivity contribution in [3.8, 4) is 17.0 Å². The number of nitrogens with zero attached hydrogens (tertiary/aromatic N) is 5. The van der Waals surface area contributed by atoms with E-state index in [1.807, 2.05) is 36.4 Å². The van der Waals surface area contributed by atoms with E-state index in [1.54, 1.807) is 25.7 Å². The number of rotatable bonds is 8. The van der Waals surface area contributed by atoms with E-state index >= 15 is 0 Å². The van der Waals surface area contributed by atoms with Crippen LogP contribution in [0.25, 0.3) is 11.3 Å². The number of methoxy groups -OCH3 is 1. The van der Waals surface area contributed by atoms with Crippen LogP contribution >= 0.6 is 0 Å². The summed E-state index contributed by atoms with van der Waals surface area (Å²) < 4.78 is 28.5. The maximum absolute atomic E-state index is 11.4. The van der Waals surface area contributed by atoms with Crippen molar-refractivity contribution >= 4 is 27.2 Å². The zero-order valence-electron chi connectivity index (χ0n) is 18.8. The summed E-state index contributed by atoms with van der Waals surface area (Å²) in [6.07, 6.45) is 6.49. The Morgan fingerprint density at radius 3 is 2.61 bits per heavy atom. The molecule has 0 atom stereocenters. The van der Waals surface area contributed by atoms with Gasteiger partial charge in [-0.3, -0.25) is 9.88 Å². The Labute approximate surface area is 194 Å². The van der Waals surface area contributed by atoms with Crippen LogP contribution in [0.4, 0.5) is 17.3 Å². The molecule has 174 valence electrons. The van der Waals surface area contributed by atoms with Gasteiger partial charge in [-0.2, -0.15) is 0 Å². The van der Waals surface area contributed by atoms with Crippen LogP contribution in [0.5, 0.6) is 5.75 Å². The van der Waals surface area contributed by atoms with Crippen LogP contribution in [-0.4, -0.2) is 80.1 Å². The lowest BCUT2D eigenvalue weighted by atomic mass is 10.2. The molecule has 0 aliphatic carbocycles.